The quantitative estimate of drug-likeness (QED) is 0.257. The normalized spacial score (nSPS) is 14.8. The number of hydrogen-bond donors (Lipinski definition) is 2. The van der Waals surface area contributed by atoms with Gasteiger partial charge < -0.3 is 20.5 Å². The van der Waals surface area contributed by atoms with E-state index in [1.807, 2.05) is 30.3 Å². The maximum atomic E-state index is 11.0. The van der Waals surface area contributed by atoms with Crippen LogP contribution in [0.4, 0.5) is 11.8 Å². The molecule has 11 heteroatoms. The Labute approximate surface area is 249 Å². The standard InChI is InChI=1S/C31H34ClN7O3/c32-24-6-3-21(4-7-24)20-42-25-8-10-26-22(17-25)5-9-27-28(26)35-31(33)36-29(27)38-15-13-37(14-16-38)11-1-2-12-39-19-23(18-34-39)30(40)41/h3-4,6-8,10,17-19H,1-2,5,9,11-16,20H2,(H,40,41)(H2,33,35,36). The van der Waals surface area contributed by atoms with Crippen molar-refractivity contribution in [3.63, 3.8) is 0 Å². The summed E-state index contributed by atoms with van der Waals surface area (Å²) >= 11 is 6.00. The molecular weight excluding hydrogens is 554 g/mol. The monoisotopic (exact) mass is 587 g/mol. The Balaban J connectivity index is 1.05. The molecule has 1 aliphatic heterocycles. The van der Waals surface area contributed by atoms with Crippen LogP contribution < -0.4 is 15.4 Å². The summed E-state index contributed by atoms with van der Waals surface area (Å²) in [7, 11) is 0. The maximum Gasteiger partial charge on any atom is 0.338 e. The first-order valence-corrected chi connectivity index (χ1v) is 14.7. The van der Waals surface area contributed by atoms with Crippen LogP contribution in [0.25, 0.3) is 11.3 Å². The van der Waals surface area contributed by atoms with Gasteiger partial charge in [-0.1, -0.05) is 23.7 Å². The van der Waals surface area contributed by atoms with Gasteiger partial charge in [-0.15, -0.1) is 0 Å². The number of aromatic nitrogens is 4. The van der Waals surface area contributed by atoms with Crippen LogP contribution in [-0.4, -0.2) is 68.4 Å². The molecule has 1 saturated heterocycles. The van der Waals surface area contributed by atoms with Crippen LogP contribution in [-0.2, 0) is 26.0 Å². The van der Waals surface area contributed by atoms with Gasteiger partial charge in [0.05, 0.1) is 17.5 Å². The topological polar surface area (TPSA) is 123 Å². The van der Waals surface area contributed by atoms with Crippen LogP contribution in [0.3, 0.4) is 0 Å². The van der Waals surface area contributed by atoms with E-state index in [2.05, 4.69) is 32.0 Å². The van der Waals surface area contributed by atoms with Crippen molar-refractivity contribution < 1.29 is 14.6 Å². The number of anilines is 2. The first kappa shape index (κ1) is 28.0. The minimum Gasteiger partial charge on any atom is -0.489 e. The molecule has 3 heterocycles. The Morgan fingerprint density at radius 2 is 1.79 bits per heavy atom. The van der Waals surface area contributed by atoms with Crippen LogP contribution in [0.15, 0.2) is 54.9 Å². The molecule has 3 N–H and O–H groups in total. The number of carboxylic acid groups (broad SMARTS) is 1. The second-order valence-corrected chi connectivity index (χ2v) is 11.2. The molecule has 2 aromatic carbocycles. The third-order valence-electron chi connectivity index (χ3n) is 7.96. The molecule has 2 aromatic heterocycles. The number of nitrogens with two attached hydrogens (primary N) is 1. The second-order valence-electron chi connectivity index (χ2n) is 10.8. The fraction of sp³-hybridized carbons (Fsp3) is 0.355. The summed E-state index contributed by atoms with van der Waals surface area (Å²) in [5.41, 5.74) is 11.9. The molecule has 0 atom stereocenters. The molecule has 0 amide bonds. The van der Waals surface area contributed by atoms with Crippen molar-refractivity contribution in [1.82, 2.24) is 24.6 Å². The summed E-state index contributed by atoms with van der Waals surface area (Å²) in [5.74, 6) is 1.14. The average Bonchev–Trinajstić information content (AvgIpc) is 3.48. The van der Waals surface area contributed by atoms with E-state index in [0.717, 1.165) is 93.3 Å². The van der Waals surface area contributed by atoms with Crippen LogP contribution >= 0.6 is 11.6 Å². The van der Waals surface area contributed by atoms with Crippen LogP contribution in [0.5, 0.6) is 5.75 Å². The summed E-state index contributed by atoms with van der Waals surface area (Å²) in [6.07, 6.45) is 6.71. The lowest BCUT2D eigenvalue weighted by molar-refractivity contribution is 0.0696. The lowest BCUT2D eigenvalue weighted by atomic mass is 9.88. The van der Waals surface area contributed by atoms with Crippen LogP contribution in [0.1, 0.15) is 39.9 Å². The van der Waals surface area contributed by atoms with Crippen molar-refractivity contribution in [2.24, 2.45) is 0 Å². The number of carboxylic acids is 1. The van der Waals surface area contributed by atoms with E-state index in [0.29, 0.717) is 17.6 Å². The molecule has 6 rings (SSSR count). The molecule has 1 fully saturated rings. The van der Waals surface area contributed by atoms with Crippen molar-refractivity contribution in [1.29, 1.82) is 0 Å². The van der Waals surface area contributed by atoms with Gasteiger partial charge in [0.25, 0.3) is 0 Å². The Bertz CT molecular complexity index is 1570. The number of piperazine rings is 1. The van der Waals surface area contributed by atoms with Gasteiger partial charge in [0.2, 0.25) is 5.95 Å². The number of nitrogens with zero attached hydrogens (tertiary/aromatic N) is 6. The number of rotatable bonds is 10. The highest BCUT2D eigenvalue weighted by Crippen LogP contribution is 2.38. The number of benzene rings is 2. The van der Waals surface area contributed by atoms with Crippen LogP contribution in [0.2, 0.25) is 5.02 Å². The summed E-state index contributed by atoms with van der Waals surface area (Å²) in [6, 6.07) is 13.9. The van der Waals surface area contributed by atoms with Gasteiger partial charge in [0.1, 0.15) is 18.2 Å². The second kappa shape index (κ2) is 12.4. The van der Waals surface area contributed by atoms with E-state index >= 15 is 0 Å². The number of fused-ring (bicyclic) bond motifs is 3. The van der Waals surface area contributed by atoms with E-state index in [-0.39, 0.29) is 5.56 Å². The Hall–Kier alpha value is -4.15. The van der Waals surface area contributed by atoms with Crippen molar-refractivity contribution in [2.45, 2.75) is 38.8 Å². The van der Waals surface area contributed by atoms with Crippen molar-refractivity contribution in [3.8, 4) is 17.0 Å². The first-order chi connectivity index (χ1) is 20.4. The fourth-order valence-corrected chi connectivity index (χ4v) is 5.82. The zero-order valence-corrected chi connectivity index (χ0v) is 24.1. The minimum absolute atomic E-state index is 0.228. The SMILES string of the molecule is Nc1nc2c(c(N3CCN(CCCCn4cc(C(=O)O)cn4)CC3)n1)CCc1cc(OCc3ccc(Cl)cc3)ccc1-2. The van der Waals surface area contributed by atoms with E-state index in [1.165, 1.54) is 17.3 Å². The highest BCUT2D eigenvalue weighted by molar-refractivity contribution is 6.30. The minimum atomic E-state index is -0.944. The maximum absolute atomic E-state index is 11.0. The Morgan fingerprint density at radius 3 is 2.55 bits per heavy atom. The molecule has 0 bridgehead atoms. The van der Waals surface area contributed by atoms with Gasteiger partial charge >= 0.3 is 5.97 Å². The number of aryl methyl sites for hydroxylation is 2. The predicted molar refractivity (Wildman–Crippen MR) is 162 cm³/mol. The number of carbonyl (C=O) groups is 1. The first-order valence-electron chi connectivity index (χ1n) is 14.3. The zero-order chi connectivity index (χ0) is 29.1. The molecule has 0 saturated carbocycles. The van der Waals surface area contributed by atoms with Crippen molar-refractivity contribution in [3.05, 3.63) is 82.1 Å². The van der Waals surface area contributed by atoms with Gasteiger partial charge in [-0.25, -0.2) is 9.78 Å². The molecule has 1 aliphatic carbocycles. The number of unbranched alkanes of at least 4 members (excludes halogenated alkanes) is 1. The smallest absolute Gasteiger partial charge is 0.338 e. The molecule has 10 nitrogen and oxygen atoms in total. The fourth-order valence-electron chi connectivity index (χ4n) is 5.70. The van der Waals surface area contributed by atoms with Gasteiger partial charge in [-0.3, -0.25) is 9.58 Å². The van der Waals surface area contributed by atoms with E-state index in [4.69, 9.17) is 32.2 Å². The Kier molecular flexibility index (Phi) is 8.25. The zero-order valence-electron chi connectivity index (χ0n) is 23.4. The molecular formula is C31H34ClN7O3. The van der Waals surface area contributed by atoms with Crippen molar-refractivity contribution in [2.75, 3.05) is 43.4 Å². The van der Waals surface area contributed by atoms with Crippen LogP contribution in [0, 0.1) is 0 Å². The molecule has 4 aromatic rings. The van der Waals surface area contributed by atoms with E-state index in [1.54, 1.807) is 10.9 Å². The molecule has 0 radical (unpaired) electrons. The van der Waals surface area contributed by atoms with Gasteiger partial charge in [-0.05, 0) is 73.7 Å². The number of nitrogen functional groups attached to an aromatic ring is 1. The lowest BCUT2D eigenvalue weighted by Crippen LogP contribution is -2.47. The van der Waals surface area contributed by atoms with E-state index < -0.39 is 5.97 Å². The average molecular weight is 588 g/mol. The lowest BCUT2D eigenvalue weighted by Gasteiger charge is -2.37. The molecule has 218 valence electrons. The summed E-state index contributed by atoms with van der Waals surface area (Å²) < 4.78 is 7.77. The van der Waals surface area contributed by atoms with Crippen molar-refractivity contribution >= 4 is 29.3 Å². The molecule has 0 unspecified atom stereocenters. The Morgan fingerprint density at radius 1 is 1.00 bits per heavy atom. The highest BCUT2D eigenvalue weighted by atomic mass is 35.5. The highest BCUT2D eigenvalue weighted by Gasteiger charge is 2.27. The number of hydrogen-bond acceptors (Lipinski definition) is 8. The third-order valence-corrected chi connectivity index (χ3v) is 8.21. The molecule has 2 aliphatic rings. The number of halogens is 1. The van der Waals surface area contributed by atoms with Gasteiger partial charge in [0.15, 0.2) is 0 Å². The van der Waals surface area contributed by atoms with E-state index in [9.17, 15) is 4.79 Å². The summed E-state index contributed by atoms with van der Waals surface area (Å²) in [5, 5.41) is 13.9. The third kappa shape index (κ3) is 6.34. The predicted octanol–water partition coefficient (Wildman–Crippen LogP) is 4.55. The summed E-state index contributed by atoms with van der Waals surface area (Å²) in [6.45, 7) is 5.87. The molecule has 42 heavy (non-hydrogen) atoms. The summed E-state index contributed by atoms with van der Waals surface area (Å²) in [4.78, 5) is 25.2. The van der Waals surface area contributed by atoms with Gasteiger partial charge in [0, 0.05) is 55.1 Å². The largest absolute Gasteiger partial charge is 0.489 e. The number of aromatic carboxylic acids is 1. The molecule has 0 spiro atoms. The van der Waals surface area contributed by atoms with Gasteiger partial charge in [-0.2, -0.15) is 10.1 Å². The number of ether oxygens (including phenoxy) is 1.